The molecule has 2 saturated heterocycles. The van der Waals surface area contributed by atoms with Gasteiger partial charge >= 0.3 is 0 Å². The zero-order valence-corrected chi connectivity index (χ0v) is 15.0. The molecule has 2 fully saturated rings. The molecular formula is C20H28N2O2. The maximum Gasteiger partial charge on any atom is 0.227 e. The fourth-order valence-corrected chi connectivity index (χ4v) is 4.05. The molecule has 130 valence electrons. The van der Waals surface area contributed by atoms with Crippen molar-refractivity contribution < 1.29 is 9.59 Å². The van der Waals surface area contributed by atoms with Crippen molar-refractivity contribution in [3.63, 3.8) is 0 Å². The van der Waals surface area contributed by atoms with Crippen molar-refractivity contribution in [1.29, 1.82) is 0 Å². The fraction of sp³-hybridized carbons (Fsp3) is 0.600. The minimum atomic E-state index is -0.0326. The minimum Gasteiger partial charge on any atom is -0.342 e. The maximum atomic E-state index is 13.1. The molecule has 0 aromatic heterocycles. The molecular weight excluding hydrogens is 300 g/mol. The highest BCUT2D eigenvalue weighted by Gasteiger charge is 2.36. The second-order valence-electron chi connectivity index (χ2n) is 7.34. The molecule has 0 unspecified atom stereocenters. The first kappa shape index (κ1) is 17.0. The number of likely N-dealkylation sites (tertiary alicyclic amines) is 2. The molecule has 0 aliphatic carbocycles. The van der Waals surface area contributed by atoms with E-state index in [9.17, 15) is 9.59 Å². The van der Waals surface area contributed by atoms with Crippen LogP contribution in [0.25, 0.3) is 0 Å². The Morgan fingerprint density at radius 3 is 2.50 bits per heavy atom. The van der Waals surface area contributed by atoms with Gasteiger partial charge in [-0.15, -0.1) is 0 Å². The van der Waals surface area contributed by atoms with E-state index in [4.69, 9.17) is 0 Å². The van der Waals surface area contributed by atoms with Crippen LogP contribution in [0.4, 0.5) is 0 Å². The number of hydrogen-bond acceptors (Lipinski definition) is 2. The van der Waals surface area contributed by atoms with Crippen LogP contribution in [-0.2, 0) is 9.59 Å². The Kier molecular flexibility index (Phi) is 4.93. The van der Waals surface area contributed by atoms with Crippen molar-refractivity contribution in [3.8, 4) is 0 Å². The molecule has 4 nitrogen and oxygen atoms in total. The number of rotatable bonds is 2. The number of nitrogens with zero attached hydrogens (tertiary/aromatic N) is 2. The van der Waals surface area contributed by atoms with E-state index < -0.39 is 0 Å². The van der Waals surface area contributed by atoms with Crippen molar-refractivity contribution in [2.75, 3.05) is 19.6 Å². The number of benzene rings is 1. The van der Waals surface area contributed by atoms with Crippen molar-refractivity contribution in [1.82, 2.24) is 9.80 Å². The van der Waals surface area contributed by atoms with E-state index >= 15 is 0 Å². The lowest BCUT2D eigenvalue weighted by atomic mass is 9.94. The van der Waals surface area contributed by atoms with Gasteiger partial charge in [0.1, 0.15) is 0 Å². The van der Waals surface area contributed by atoms with Crippen LogP contribution in [-0.4, -0.2) is 41.2 Å². The van der Waals surface area contributed by atoms with Crippen molar-refractivity contribution in [2.24, 2.45) is 5.92 Å². The summed E-state index contributed by atoms with van der Waals surface area (Å²) in [6, 6.07) is 6.75. The molecule has 2 atom stereocenters. The predicted molar refractivity (Wildman–Crippen MR) is 94.6 cm³/mol. The summed E-state index contributed by atoms with van der Waals surface area (Å²) in [5, 5.41) is 0. The van der Waals surface area contributed by atoms with Gasteiger partial charge < -0.3 is 9.80 Å². The maximum absolute atomic E-state index is 13.1. The first-order valence-electron chi connectivity index (χ1n) is 9.10. The zero-order chi connectivity index (χ0) is 17.3. The Labute approximate surface area is 144 Å². The van der Waals surface area contributed by atoms with Crippen LogP contribution < -0.4 is 0 Å². The summed E-state index contributed by atoms with van der Waals surface area (Å²) in [5.41, 5.74) is 3.83. The molecule has 2 aliphatic rings. The Balaban J connectivity index is 1.76. The van der Waals surface area contributed by atoms with Gasteiger partial charge in [-0.25, -0.2) is 0 Å². The average molecular weight is 328 g/mol. The summed E-state index contributed by atoms with van der Waals surface area (Å²) in [6.07, 6.45) is 3.93. The molecule has 2 heterocycles. The molecule has 2 aliphatic heterocycles. The first-order chi connectivity index (χ1) is 11.5. The average Bonchev–Trinajstić information content (AvgIpc) is 3.06. The standard InChI is InChI=1S/C20H28N2O2/c1-14-8-9-17(12-15(14)2)19-7-5-11-22(19)20(24)18-6-4-10-21(13-18)16(3)23/h8-9,12,18-19H,4-7,10-11,13H2,1-3H3/t18-,19+/m0/s1. The van der Waals surface area contributed by atoms with Gasteiger partial charge in [-0.2, -0.15) is 0 Å². The predicted octanol–water partition coefficient (Wildman–Crippen LogP) is 3.23. The van der Waals surface area contributed by atoms with Gasteiger partial charge in [0, 0.05) is 26.6 Å². The number of carbonyl (C=O) groups excluding carboxylic acids is 2. The van der Waals surface area contributed by atoms with Gasteiger partial charge in [0.25, 0.3) is 0 Å². The summed E-state index contributed by atoms with van der Waals surface area (Å²) >= 11 is 0. The van der Waals surface area contributed by atoms with Crippen LogP contribution in [0.1, 0.15) is 55.3 Å². The van der Waals surface area contributed by atoms with Crippen molar-refractivity contribution in [3.05, 3.63) is 34.9 Å². The van der Waals surface area contributed by atoms with Crippen LogP contribution in [0.15, 0.2) is 18.2 Å². The highest BCUT2D eigenvalue weighted by atomic mass is 16.2. The molecule has 1 aromatic rings. The molecule has 3 rings (SSSR count). The molecule has 1 aromatic carbocycles. The Bertz CT molecular complexity index is 641. The molecule has 24 heavy (non-hydrogen) atoms. The van der Waals surface area contributed by atoms with Crippen LogP contribution in [0.2, 0.25) is 0 Å². The van der Waals surface area contributed by atoms with Gasteiger partial charge in [-0.3, -0.25) is 9.59 Å². The third-order valence-electron chi connectivity index (χ3n) is 5.67. The summed E-state index contributed by atoms with van der Waals surface area (Å²) in [5.74, 6) is 0.288. The topological polar surface area (TPSA) is 40.6 Å². The van der Waals surface area contributed by atoms with E-state index in [1.165, 1.54) is 16.7 Å². The summed E-state index contributed by atoms with van der Waals surface area (Å²) in [7, 11) is 0. The number of carbonyl (C=O) groups is 2. The number of aryl methyl sites for hydroxylation is 2. The monoisotopic (exact) mass is 328 g/mol. The number of amides is 2. The lowest BCUT2D eigenvalue weighted by Crippen LogP contribution is -2.46. The van der Waals surface area contributed by atoms with Gasteiger partial charge in [0.05, 0.1) is 12.0 Å². The SMILES string of the molecule is CC(=O)N1CCC[C@H](C(=O)N2CCC[C@@H]2c2ccc(C)c(C)c2)C1. The molecule has 0 spiro atoms. The van der Waals surface area contributed by atoms with Crippen LogP contribution in [0, 0.1) is 19.8 Å². The van der Waals surface area contributed by atoms with Crippen LogP contribution in [0.3, 0.4) is 0 Å². The largest absolute Gasteiger partial charge is 0.342 e. The Morgan fingerprint density at radius 2 is 1.79 bits per heavy atom. The molecule has 4 heteroatoms. The molecule has 0 radical (unpaired) electrons. The molecule has 2 amide bonds. The first-order valence-corrected chi connectivity index (χ1v) is 9.10. The van der Waals surface area contributed by atoms with E-state index in [0.29, 0.717) is 6.54 Å². The lowest BCUT2D eigenvalue weighted by molar-refractivity contribution is -0.140. The van der Waals surface area contributed by atoms with E-state index in [1.54, 1.807) is 6.92 Å². The quantitative estimate of drug-likeness (QED) is 0.836. The lowest BCUT2D eigenvalue weighted by Gasteiger charge is -2.35. The summed E-state index contributed by atoms with van der Waals surface area (Å²) in [6.45, 7) is 8.07. The van der Waals surface area contributed by atoms with E-state index in [-0.39, 0.29) is 23.8 Å². The highest BCUT2D eigenvalue weighted by molar-refractivity contribution is 5.81. The second-order valence-corrected chi connectivity index (χ2v) is 7.34. The van der Waals surface area contributed by atoms with E-state index in [2.05, 4.69) is 36.9 Å². The molecule has 0 saturated carbocycles. The Hall–Kier alpha value is -1.84. The number of hydrogen-bond donors (Lipinski definition) is 0. The van der Waals surface area contributed by atoms with Gasteiger partial charge in [-0.05, 0) is 56.2 Å². The van der Waals surface area contributed by atoms with Gasteiger partial charge in [-0.1, -0.05) is 18.2 Å². The van der Waals surface area contributed by atoms with Gasteiger partial charge in [0.15, 0.2) is 0 Å². The fourth-order valence-electron chi connectivity index (χ4n) is 4.05. The third kappa shape index (κ3) is 3.33. The van der Waals surface area contributed by atoms with E-state index in [1.807, 2.05) is 4.90 Å². The third-order valence-corrected chi connectivity index (χ3v) is 5.67. The summed E-state index contributed by atoms with van der Waals surface area (Å²) in [4.78, 5) is 28.6. The van der Waals surface area contributed by atoms with Crippen LogP contribution >= 0.6 is 0 Å². The van der Waals surface area contributed by atoms with Crippen LogP contribution in [0.5, 0.6) is 0 Å². The highest BCUT2D eigenvalue weighted by Crippen LogP contribution is 2.35. The second kappa shape index (κ2) is 6.96. The minimum absolute atomic E-state index is 0.0326. The zero-order valence-electron chi connectivity index (χ0n) is 15.0. The van der Waals surface area contributed by atoms with Gasteiger partial charge in [0.2, 0.25) is 11.8 Å². The molecule has 0 bridgehead atoms. The number of piperidine rings is 1. The van der Waals surface area contributed by atoms with Crippen molar-refractivity contribution >= 4 is 11.8 Å². The normalized spacial score (nSPS) is 24.3. The molecule has 0 N–H and O–H groups in total. The smallest absolute Gasteiger partial charge is 0.227 e. The van der Waals surface area contributed by atoms with Crippen molar-refractivity contribution in [2.45, 2.75) is 52.5 Å². The summed E-state index contributed by atoms with van der Waals surface area (Å²) < 4.78 is 0. The Morgan fingerprint density at radius 1 is 1.04 bits per heavy atom. The van der Waals surface area contributed by atoms with E-state index in [0.717, 1.165) is 38.8 Å².